The molecule has 1 saturated heterocycles. The highest BCUT2D eigenvalue weighted by Gasteiger charge is 2.32. The minimum atomic E-state index is -3.03. The zero-order valence-corrected chi connectivity index (χ0v) is 13.0. The van der Waals surface area contributed by atoms with Crippen molar-refractivity contribution in [2.45, 2.75) is 40.0 Å². The molecule has 0 spiro atoms. The molecule has 1 heterocycles. The van der Waals surface area contributed by atoms with Crippen molar-refractivity contribution in [3.05, 3.63) is 0 Å². The molecule has 4 nitrogen and oxygen atoms in total. The van der Waals surface area contributed by atoms with Crippen molar-refractivity contribution in [1.29, 1.82) is 0 Å². The number of hydrogen-bond acceptors (Lipinski definition) is 3. The zero-order chi connectivity index (χ0) is 13.8. The van der Waals surface area contributed by atoms with Crippen LogP contribution in [0.2, 0.25) is 0 Å². The Kier molecular flexibility index (Phi) is 5.62. The third kappa shape index (κ3) is 4.52. The zero-order valence-electron chi connectivity index (χ0n) is 12.2. The molecule has 1 fully saturated rings. The molecule has 1 rings (SSSR count). The highest BCUT2D eigenvalue weighted by molar-refractivity contribution is 7.89. The summed E-state index contributed by atoms with van der Waals surface area (Å²) in [7, 11) is -1.18. The Labute approximate surface area is 112 Å². The van der Waals surface area contributed by atoms with E-state index in [-0.39, 0.29) is 5.75 Å². The molecule has 5 heteroatoms. The molecule has 0 aliphatic carbocycles. The van der Waals surface area contributed by atoms with Crippen LogP contribution in [0.1, 0.15) is 40.0 Å². The molecule has 0 bridgehead atoms. The van der Waals surface area contributed by atoms with E-state index in [1.54, 1.807) is 4.31 Å². The predicted molar refractivity (Wildman–Crippen MR) is 76.1 cm³/mol. The molecule has 0 atom stereocenters. The van der Waals surface area contributed by atoms with Gasteiger partial charge in [-0.05, 0) is 44.2 Å². The fourth-order valence-corrected chi connectivity index (χ4v) is 4.09. The Balaban J connectivity index is 2.47. The Hall–Kier alpha value is -0.130. The van der Waals surface area contributed by atoms with Crippen LogP contribution in [0, 0.1) is 11.3 Å². The topological polar surface area (TPSA) is 49.4 Å². The Bertz CT molecular complexity index is 338. The van der Waals surface area contributed by atoms with Crippen molar-refractivity contribution in [3.8, 4) is 0 Å². The lowest BCUT2D eigenvalue weighted by atomic mass is 9.76. The van der Waals surface area contributed by atoms with Crippen LogP contribution in [-0.4, -0.2) is 45.2 Å². The van der Waals surface area contributed by atoms with Crippen molar-refractivity contribution >= 4 is 10.0 Å². The van der Waals surface area contributed by atoms with E-state index in [9.17, 15) is 8.42 Å². The summed E-state index contributed by atoms with van der Waals surface area (Å²) in [5.74, 6) is 0.912. The maximum atomic E-state index is 12.1. The van der Waals surface area contributed by atoms with Gasteiger partial charge >= 0.3 is 0 Å². The Morgan fingerprint density at radius 2 is 1.78 bits per heavy atom. The molecule has 0 saturated carbocycles. The van der Waals surface area contributed by atoms with Gasteiger partial charge in [-0.15, -0.1) is 0 Å². The second kappa shape index (κ2) is 6.35. The molecule has 0 radical (unpaired) electrons. The standard InChI is InChI=1S/C13H28N2O2S/c1-13(2,3)12-6-9-15(10-7-12)18(16,17)11-5-8-14-4/h12,14H,5-11H2,1-4H3. The second-order valence-electron chi connectivity index (χ2n) is 6.31. The van der Waals surface area contributed by atoms with Crippen molar-refractivity contribution in [1.82, 2.24) is 9.62 Å². The molecule has 1 N–H and O–H groups in total. The van der Waals surface area contributed by atoms with Crippen LogP contribution in [0.4, 0.5) is 0 Å². The first-order chi connectivity index (χ1) is 8.27. The summed E-state index contributed by atoms with van der Waals surface area (Å²) in [6.45, 7) is 8.89. The van der Waals surface area contributed by atoms with Gasteiger partial charge in [-0.1, -0.05) is 20.8 Å². The third-order valence-electron chi connectivity index (χ3n) is 3.90. The largest absolute Gasteiger partial charge is 0.320 e. The summed E-state index contributed by atoms with van der Waals surface area (Å²) in [5.41, 5.74) is 0.294. The summed E-state index contributed by atoms with van der Waals surface area (Å²) in [5, 5.41) is 2.99. The van der Waals surface area contributed by atoms with E-state index >= 15 is 0 Å². The molecular weight excluding hydrogens is 248 g/mol. The van der Waals surface area contributed by atoms with E-state index in [0.717, 1.165) is 19.4 Å². The van der Waals surface area contributed by atoms with E-state index < -0.39 is 10.0 Å². The molecule has 0 aromatic rings. The predicted octanol–water partition coefficient (Wildman–Crippen LogP) is 1.68. The average Bonchev–Trinajstić information content (AvgIpc) is 2.28. The van der Waals surface area contributed by atoms with Gasteiger partial charge in [0.05, 0.1) is 5.75 Å². The van der Waals surface area contributed by atoms with Gasteiger partial charge in [-0.3, -0.25) is 0 Å². The summed E-state index contributed by atoms with van der Waals surface area (Å²) >= 11 is 0. The van der Waals surface area contributed by atoms with Gasteiger partial charge in [0, 0.05) is 13.1 Å². The summed E-state index contributed by atoms with van der Waals surface area (Å²) < 4.78 is 25.9. The van der Waals surface area contributed by atoms with Crippen LogP contribution in [0.3, 0.4) is 0 Å². The van der Waals surface area contributed by atoms with E-state index in [1.807, 2.05) is 7.05 Å². The van der Waals surface area contributed by atoms with Gasteiger partial charge in [-0.25, -0.2) is 12.7 Å². The highest BCUT2D eigenvalue weighted by atomic mass is 32.2. The van der Waals surface area contributed by atoms with Crippen molar-refractivity contribution < 1.29 is 8.42 Å². The first-order valence-electron chi connectivity index (χ1n) is 6.90. The molecule has 0 unspecified atom stereocenters. The minimum absolute atomic E-state index is 0.272. The van der Waals surface area contributed by atoms with Crippen molar-refractivity contribution in [3.63, 3.8) is 0 Å². The van der Waals surface area contributed by atoms with Gasteiger partial charge in [0.25, 0.3) is 0 Å². The second-order valence-corrected chi connectivity index (χ2v) is 8.40. The summed E-state index contributed by atoms with van der Waals surface area (Å²) in [4.78, 5) is 0. The van der Waals surface area contributed by atoms with Crippen LogP contribution in [0.15, 0.2) is 0 Å². The van der Waals surface area contributed by atoms with Crippen molar-refractivity contribution in [2.75, 3.05) is 32.4 Å². The maximum absolute atomic E-state index is 12.1. The van der Waals surface area contributed by atoms with Gasteiger partial charge < -0.3 is 5.32 Å². The Morgan fingerprint density at radius 3 is 2.22 bits per heavy atom. The lowest BCUT2D eigenvalue weighted by Crippen LogP contribution is -2.42. The monoisotopic (exact) mass is 276 g/mol. The third-order valence-corrected chi connectivity index (χ3v) is 5.86. The molecule has 18 heavy (non-hydrogen) atoms. The van der Waals surface area contributed by atoms with E-state index in [1.165, 1.54) is 0 Å². The fourth-order valence-electron chi connectivity index (χ4n) is 2.56. The van der Waals surface area contributed by atoms with E-state index in [4.69, 9.17) is 0 Å². The van der Waals surface area contributed by atoms with Gasteiger partial charge in [-0.2, -0.15) is 0 Å². The smallest absolute Gasteiger partial charge is 0.214 e. The number of nitrogens with one attached hydrogen (secondary N) is 1. The maximum Gasteiger partial charge on any atom is 0.214 e. The lowest BCUT2D eigenvalue weighted by molar-refractivity contribution is 0.154. The van der Waals surface area contributed by atoms with E-state index in [0.29, 0.717) is 30.8 Å². The quantitative estimate of drug-likeness (QED) is 0.777. The fraction of sp³-hybridized carbons (Fsp3) is 1.00. The first-order valence-corrected chi connectivity index (χ1v) is 8.50. The first kappa shape index (κ1) is 15.9. The van der Waals surface area contributed by atoms with Crippen LogP contribution < -0.4 is 5.32 Å². The Morgan fingerprint density at radius 1 is 1.22 bits per heavy atom. The number of nitrogens with zero attached hydrogens (tertiary/aromatic N) is 1. The number of rotatable bonds is 5. The molecule has 1 aliphatic rings. The average molecular weight is 276 g/mol. The van der Waals surface area contributed by atoms with Crippen LogP contribution in [-0.2, 0) is 10.0 Å². The molecule has 0 aromatic carbocycles. The molecule has 108 valence electrons. The molecular formula is C13H28N2O2S. The van der Waals surface area contributed by atoms with Gasteiger partial charge in [0.2, 0.25) is 10.0 Å². The lowest BCUT2D eigenvalue weighted by Gasteiger charge is -2.38. The van der Waals surface area contributed by atoms with Crippen molar-refractivity contribution in [2.24, 2.45) is 11.3 Å². The molecule has 1 aliphatic heterocycles. The number of sulfonamides is 1. The highest BCUT2D eigenvalue weighted by Crippen LogP contribution is 2.34. The van der Waals surface area contributed by atoms with Gasteiger partial charge in [0.15, 0.2) is 0 Å². The SMILES string of the molecule is CNCCCS(=O)(=O)N1CCC(C(C)(C)C)CC1. The molecule has 0 amide bonds. The van der Waals surface area contributed by atoms with Crippen LogP contribution in [0.5, 0.6) is 0 Å². The summed E-state index contributed by atoms with van der Waals surface area (Å²) in [6.07, 6.45) is 2.68. The normalized spacial score (nSPS) is 20.2. The minimum Gasteiger partial charge on any atom is -0.320 e. The van der Waals surface area contributed by atoms with Crippen LogP contribution >= 0.6 is 0 Å². The summed E-state index contributed by atoms with van der Waals surface area (Å²) in [6, 6.07) is 0. The van der Waals surface area contributed by atoms with E-state index in [2.05, 4.69) is 26.1 Å². The number of hydrogen-bond donors (Lipinski definition) is 1. The number of piperidine rings is 1. The molecule has 0 aromatic heterocycles. The van der Waals surface area contributed by atoms with Crippen LogP contribution in [0.25, 0.3) is 0 Å². The van der Waals surface area contributed by atoms with Gasteiger partial charge in [0.1, 0.15) is 0 Å².